The van der Waals surface area contributed by atoms with Gasteiger partial charge in [0.15, 0.2) is 0 Å². The first-order valence-electron chi connectivity index (χ1n) is 5.90. The molecular weight excluding hydrogens is 257 g/mol. The molecule has 0 amide bonds. The van der Waals surface area contributed by atoms with E-state index in [0.29, 0.717) is 16.6 Å². The minimum atomic E-state index is 0.204. The van der Waals surface area contributed by atoms with Gasteiger partial charge >= 0.3 is 0 Å². The van der Waals surface area contributed by atoms with Crippen LogP contribution in [0.15, 0.2) is 12.4 Å². The van der Waals surface area contributed by atoms with E-state index in [-0.39, 0.29) is 5.41 Å². The van der Waals surface area contributed by atoms with Crippen LogP contribution in [-0.2, 0) is 0 Å². The first-order valence-corrected chi connectivity index (χ1v) is 6.65. The molecule has 5 heteroatoms. The molecule has 94 valence electrons. The monoisotopic (exact) mass is 273 g/mol. The van der Waals surface area contributed by atoms with Crippen molar-refractivity contribution in [2.24, 2.45) is 11.1 Å². The van der Waals surface area contributed by atoms with Crippen molar-refractivity contribution in [3.8, 4) is 0 Å². The Bertz CT molecular complexity index is 369. The third-order valence-electron chi connectivity index (χ3n) is 3.59. The fourth-order valence-corrected chi connectivity index (χ4v) is 2.93. The molecule has 3 N–H and O–H groups in total. The number of nitrogens with two attached hydrogens (primary N) is 1. The number of nitrogens with one attached hydrogen (secondary N) is 1. The Morgan fingerprint density at radius 2 is 1.82 bits per heavy atom. The van der Waals surface area contributed by atoms with Gasteiger partial charge in [0.05, 0.1) is 15.7 Å². The van der Waals surface area contributed by atoms with E-state index in [9.17, 15) is 0 Å². The highest BCUT2D eigenvalue weighted by Gasteiger charge is 2.32. The Morgan fingerprint density at radius 1 is 1.24 bits per heavy atom. The fraction of sp³-hybridized carbons (Fsp3) is 0.583. The minimum Gasteiger partial charge on any atom is -0.382 e. The molecule has 0 radical (unpaired) electrons. The van der Waals surface area contributed by atoms with Gasteiger partial charge in [-0.3, -0.25) is 4.98 Å². The molecule has 3 nitrogen and oxygen atoms in total. The van der Waals surface area contributed by atoms with Crippen LogP contribution in [0.25, 0.3) is 0 Å². The lowest BCUT2D eigenvalue weighted by Gasteiger charge is -2.28. The Labute approximate surface area is 112 Å². The van der Waals surface area contributed by atoms with Gasteiger partial charge in [0.25, 0.3) is 0 Å². The molecule has 0 aliphatic heterocycles. The van der Waals surface area contributed by atoms with Gasteiger partial charge in [0.2, 0.25) is 0 Å². The van der Waals surface area contributed by atoms with Gasteiger partial charge in [0.1, 0.15) is 0 Å². The highest BCUT2D eigenvalue weighted by atomic mass is 35.5. The number of halogens is 2. The van der Waals surface area contributed by atoms with E-state index in [2.05, 4.69) is 10.3 Å². The van der Waals surface area contributed by atoms with Crippen LogP contribution < -0.4 is 11.1 Å². The predicted molar refractivity (Wildman–Crippen MR) is 72.7 cm³/mol. The molecule has 0 spiro atoms. The topological polar surface area (TPSA) is 50.9 Å². The molecule has 2 rings (SSSR count). The molecule has 0 unspecified atom stereocenters. The zero-order chi connectivity index (χ0) is 12.3. The third-order valence-corrected chi connectivity index (χ3v) is 4.16. The van der Waals surface area contributed by atoms with E-state index in [1.165, 1.54) is 25.7 Å². The minimum absolute atomic E-state index is 0.204. The van der Waals surface area contributed by atoms with Crippen LogP contribution in [0.3, 0.4) is 0 Å². The van der Waals surface area contributed by atoms with Crippen LogP contribution in [-0.4, -0.2) is 18.1 Å². The quantitative estimate of drug-likeness (QED) is 0.885. The summed E-state index contributed by atoms with van der Waals surface area (Å²) in [6, 6.07) is 0. The van der Waals surface area contributed by atoms with Crippen LogP contribution in [0.2, 0.25) is 10.0 Å². The Kier molecular flexibility index (Phi) is 4.13. The van der Waals surface area contributed by atoms with Crippen LogP contribution in [0.1, 0.15) is 25.7 Å². The summed E-state index contributed by atoms with van der Waals surface area (Å²) in [5.41, 5.74) is 6.86. The first-order chi connectivity index (χ1) is 8.17. The zero-order valence-corrected chi connectivity index (χ0v) is 11.2. The average molecular weight is 274 g/mol. The molecule has 1 aliphatic carbocycles. The molecule has 1 aromatic rings. The number of anilines is 1. The van der Waals surface area contributed by atoms with Crippen molar-refractivity contribution in [3.63, 3.8) is 0 Å². The second-order valence-electron chi connectivity index (χ2n) is 4.74. The zero-order valence-electron chi connectivity index (χ0n) is 9.68. The van der Waals surface area contributed by atoms with E-state index in [1.807, 2.05) is 0 Å². The lowest BCUT2D eigenvalue weighted by molar-refractivity contribution is 0.332. The smallest absolute Gasteiger partial charge is 0.0836 e. The molecular formula is C12H17Cl2N3. The highest BCUT2D eigenvalue weighted by Crippen LogP contribution is 2.38. The van der Waals surface area contributed by atoms with Gasteiger partial charge in [-0.15, -0.1) is 0 Å². The van der Waals surface area contributed by atoms with Crippen LogP contribution in [0.5, 0.6) is 0 Å². The largest absolute Gasteiger partial charge is 0.382 e. The molecule has 0 bridgehead atoms. The molecule has 1 aromatic heterocycles. The van der Waals surface area contributed by atoms with Crippen LogP contribution >= 0.6 is 23.2 Å². The van der Waals surface area contributed by atoms with Crippen molar-refractivity contribution < 1.29 is 0 Å². The fourth-order valence-electron chi connectivity index (χ4n) is 2.43. The molecule has 1 heterocycles. The van der Waals surface area contributed by atoms with E-state index in [0.717, 1.165) is 12.2 Å². The van der Waals surface area contributed by atoms with E-state index >= 15 is 0 Å². The summed E-state index contributed by atoms with van der Waals surface area (Å²) >= 11 is 12.1. The number of hydrogen-bond donors (Lipinski definition) is 2. The summed E-state index contributed by atoms with van der Waals surface area (Å²) in [7, 11) is 0. The maximum atomic E-state index is 6.06. The molecule has 0 saturated heterocycles. The van der Waals surface area contributed by atoms with Gasteiger partial charge in [-0.25, -0.2) is 0 Å². The summed E-state index contributed by atoms with van der Waals surface area (Å²) in [4.78, 5) is 3.93. The van der Waals surface area contributed by atoms with Crippen LogP contribution in [0.4, 0.5) is 5.69 Å². The van der Waals surface area contributed by atoms with Gasteiger partial charge in [0, 0.05) is 18.9 Å². The first kappa shape index (κ1) is 12.9. The second-order valence-corrected chi connectivity index (χ2v) is 5.56. The Balaban J connectivity index is 2.06. The van der Waals surface area contributed by atoms with E-state index in [4.69, 9.17) is 28.9 Å². The summed E-state index contributed by atoms with van der Waals surface area (Å²) in [5.74, 6) is 0. The summed E-state index contributed by atoms with van der Waals surface area (Å²) in [6.07, 6.45) is 8.07. The maximum Gasteiger partial charge on any atom is 0.0836 e. The number of rotatable bonds is 4. The molecule has 1 fully saturated rings. The summed E-state index contributed by atoms with van der Waals surface area (Å²) in [6.45, 7) is 1.53. The van der Waals surface area contributed by atoms with Crippen LogP contribution in [0, 0.1) is 5.41 Å². The molecule has 0 atom stereocenters. The number of hydrogen-bond acceptors (Lipinski definition) is 3. The highest BCUT2D eigenvalue weighted by molar-refractivity contribution is 6.38. The van der Waals surface area contributed by atoms with E-state index in [1.54, 1.807) is 12.4 Å². The Hall–Kier alpha value is -0.510. The Morgan fingerprint density at radius 3 is 2.35 bits per heavy atom. The van der Waals surface area contributed by atoms with Gasteiger partial charge < -0.3 is 11.1 Å². The number of nitrogens with zero attached hydrogens (tertiary/aromatic N) is 1. The lowest BCUT2D eigenvalue weighted by Crippen LogP contribution is -2.34. The second kappa shape index (κ2) is 5.42. The van der Waals surface area contributed by atoms with Crippen molar-refractivity contribution in [2.45, 2.75) is 25.7 Å². The van der Waals surface area contributed by atoms with Gasteiger partial charge in [-0.05, 0) is 24.8 Å². The standard InChI is InChI=1S/C12H17Cl2N3/c13-9-5-16-6-10(14)11(9)17-8-12(7-15)3-1-2-4-12/h5-6H,1-4,7-8,15H2,(H,16,17). The predicted octanol–water partition coefficient (Wildman–Crippen LogP) is 3.32. The third kappa shape index (κ3) is 2.84. The van der Waals surface area contributed by atoms with Crippen molar-refractivity contribution in [2.75, 3.05) is 18.4 Å². The number of aromatic nitrogens is 1. The van der Waals surface area contributed by atoms with Gasteiger partial charge in [-0.2, -0.15) is 0 Å². The van der Waals surface area contributed by atoms with Crippen molar-refractivity contribution >= 4 is 28.9 Å². The van der Waals surface area contributed by atoms with Crippen molar-refractivity contribution in [1.29, 1.82) is 0 Å². The van der Waals surface area contributed by atoms with E-state index < -0.39 is 0 Å². The van der Waals surface area contributed by atoms with Gasteiger partial charge in [-0.1, -0.05) is 36.0 Å². The van der Waals surface area contributed by atoms with Crippen molar-refractivity contribution in [1.82, 2.24) is 4.98 Å². The van der Waals surface area contributed by atoms with Crippen molar-refractivity contribution in [3.05, 3.63) is 22.4 Å². The normalized spacial score (nSPS) is 18.3. The average Bonchev–Trinajstić information content (AvgIpc) is 2.78. The SMILES string of the molecule is NCC1(CNc2c(Cl)cncc2Cl)CCCC1. The summed E-state index contributed by atoms with van der Waals surface area (Å²) in [5, 5.41) is 4.45. The molecule has 1 aliphatic rings. The number of pyridine rings is 1. The molecule has 17 heavy (non-hydrogen) atoms. The molecule has 1 saturated carbocycles. The lowest BCUT2D eigenvalue weighted by atomic mass is 9.86. The maximum absolute atomic E-state index is 6.06. The summed E-state index contributed by atoms with van der Waals surface area (Å²) < 4.78 is 0. The molecule has 0 aromatic carbocycles.